The maximum Gasteiger partial charge on any atom is 0.319 e. The molecule has 7 nitrogen and oxygen atoms in total. The lowest BCUT2D eigenvalue weighted by atomic mass is 10.2. The topological polar surface area (TPSA) is 85.9 Å². The van der Waals surface area contributed by atoms with Gasteiger partial charge in [0.1, 0.15) is 16.5 Å². The highest BCUT2D eigenvalue weighted by Crippen LogP contribution is 2.27. The van der Waals surface area contributed by atoms with Crippen molar-refractivity contribution in [2.24, 2.45) is 0 Å². The maximum atomic E-state index is 13.9. The summed E-state index contributed by atoms with van der Waals surface area (Å²) in [7, 11) is 0. The number of anilines is 2. The van der Waals surface area contributed by atoms with Gasteiger partial charge in [-0.05, 0) is 18.6 Å². The van der Waals surface area contributed by atoms with Gasteiger partial charge in [0, 0.05) is 30.7 Å². The zero-order valence-corrected chi connectivity index (χ0v) is 14.6. The molecule has 3 aromatic rings. The highest BCUT2D eigenvalue weighted by atomic mass is 32.1. The van der Waals surface area contributed by atoms with E-state index in [2.05, 4.69) is 25.8 Å². The standard InChI is InChI=1S/C17H17FN6OS/c18-12-3-1-2-4-14(12)24-7-5-11(10-24)21-17(25)22-13-9-20-23-15(13)16-19-6-8-26-16/h1-4,6,8-9,11H,5,7,10H2,(H,20,23)(H2,21,22,25). The first-order valence-electron chi connectivity index (χ1n) is 8.21. The predicted octanol–water partition coefficient (Wildman–Crippen LogP) is 3.07. The first kappa shape index (κ1) is 16.5. The number of nitrogens with zero attached hydrogens (tertiary/aromatic N) is 3. The molecule has 3 heterocycles. The summed E-state index contributed by atoms with van der Waals surface area (Å²) in [6.45, 7) is 1.26. The number of benzene rings is 1. The van der Waals surface area contributed by atoms with Crippen LogP contribution in [0.4, 0.5) is 20.6 Å². The molecule has 0 bridgehead atoms. The van der Waals surface area contributed by atoms with E-state index in [-0.39, 0.29) is 17.9 Å². The third-order valence-electron chi connectivity index (χ3n) is 4.25. The Bertz CT molecular complexity index is 896. The van der Waals surface area contributed by atoms with Crippen molar-refractivity contribution in [3.8, 4) is 10.7 Å². The van der Waals surface area contributed by atoms with Crippen LogP contribution in [0.15, 0.2) is 42.0 Å². The molecule has 1 aliphatic heterocycles. The fraction of sp³-hybridized carbons (Fsp3) is 0.235. The van der Waals surface area contributed by atoms with Crippen LogP contribution in [0.2, 0.25) is 0 Å². The lowest BCUT2D eigenvalue weighted by molar-refractivity contribution is 0.249. The van der Waals surface area contributed by atoms with Crippen molar-refractivity contribution in [1.82, 2.24) is 20.5 Å². The number of nitrogens with one attached hydrogen (secondary N) is 3. The van der Waals surface area contributed by atoms with Gasteiger partial charge in [-0.3, -0.25) is 5.10 Å². The lowest BCUT2D eigenvalue weighted by Crippen LogP contribution is -2.39. The Morgan fingerprint density at radius 1 is 1.38 bits per heavy atom. The van der Waals surface area contributed by atoms with E-state index in [1.54, 1.807) is 24.5 Å². The summed E-state index contributed by atoms with van der Waals surface area (Å²) in [5.74, 6) is -0.246. The third kappa shape index (κ3) is 3.38. The number of thiazole rings is 1. The van der Waals surface area contributed by atoms with Gasteiger partial charge in [-0.25, -0.2) is 14.2 Å². The number of aromatic nitrogens is 3. The van der Waals surface area contributed by atoms with Crippen molar-refractivity contribution in [3.63, 3.8) is 0 Å². The lowest BCUT2D eigenvalue weighted by Gasteiger charge is -2.19. The van der Waals surface area contributed by atoms with Gasteiger partial charge < -0.3 is 15.5 Å². The Kier molecular flexibility index (Phi) is 4.53. The molecule has 1 aromatic carbocycles. The molecule has 134 valence electrons. The molecule has 1 saturated heterocycles. The van der Waals surface area contributed by atoms with Gasteiger partial charge in [0.25, 0.3) is 0 Å². The van der Waals surface area contributed by atoms with E-state index in [1.165, 1.54) is 17.4 Å². The number of para-hydroxylation sites is 1. The van der Waals surface area contributed by atoms with Gasteiger partial charge in [0.05, 0.1) is 17.6 Å². The van der Waals surface area contributed by atoms with Crippen molar-refractivity contribution in [1.29, 1.82) is 0 Å². The van der Waals surface area contributed by atoms with Crippen LogP contribution in [0, 0.1) is 5.82 Å². The fourth-order valence-electron chi connectivity index (χ4n) is 3.04. The average molecular weight is 372 g/mol. The summed E-state index contributed by atoms with van der Waals surface area (Å²) in [6, 6.07) is 6.31. The van der Waals surface area contributed by atoms with E-state index in [0.717, 1.165) is 11.4 Å². The molecule has 1 atom stereocenters. The van der Waals surface area contributed by atoms with Crippen LogP contribution in [0.5, 0.6) is 0 Å². The number of rotatable bonds is 4. The van der Waals surface area contributed by atoms with E-state index in [1.807, 2.05) is 16.3 Å². The van der Waals surface area contributed by atoms with Gasteiger partial charge in [0.15, 0.2) is 0 Å². The Balaban J connectivity index is 1.37. The van der Waals surface area contributed by atoms with Gasteiger partial charge in [0.2, 0.25) is 0 Å². The number of aromatic amines is 1. The monoisotopic (exact) mass is 372 g/mol. The highest BCUT2D eigenvalue weighted by Gasteiger charge is 2.26. The Morgan fingerprint density at radius 2 is 2.27 bits per heavy atom. The van der Waals surface area contributed by atoms with E-state index < -0.39 is 0 Å². The zero-order valence-electron chi connectivity index (χ0n) is 13.8. The second-order valence-electron chi connectivity index (χ2n) is 5.98. The van der Waals surface area contributed by atoms with Crippen LogP contribution in [-0.4, -0.2) is 40.3 Å². The molecule has 9 heteroatoms. The zero-order chi connectivity index (χ0) is 17.9. The van der Waals surface area contributed by atoms with Gasteiger partial charge in [-0.2, -0.15) is 5.10 Å². The summed E-state index contributed by atoms with van der Waals surface area (Å²) in [5.41, 5.74) is 1.81. The molecule has 3 N–H and O–H groups in total. The fourth-order valence-corrected chi connectivity index (χ4v) is 3.69. The van der Waals surface area contributed by atoms with Gasteiger partial charge >= 0.3 is 6.03 Å². The minimum absolute atomic E-state index is 0.0511. The predicted molar refractivity (Wildman–Crippen MR) is 98.9 cm³/mol. The number of amides is 2. The van der Waals surface area contributed by atoms with Crippen molar-refractivity contribution < 1.29 is 9.18 Å². The van der Waals surface area contributed by atoms with Crippen LogP contribution >= 0.6 is 11.3 Å². The molecule has 4 rings (SSSR count). The molecule has 2 aromatic heterocycles. The maximum absolute atomic E-state index is 13.9. The SMILES string of the molecule is O=C(Nc1cn[nH]c1-c1nccs1)NC1CCN(c2ccccc2F)C1. The van der Waals surface area contributed by atoms with E-state index in [9.17, 15) is 9.18 Å². The van der Waals surface area contributed by atoms with Gasteiger partial charge in [-0.15, -0.1) is 11.3 Å². The van der Waals surface area contributed by atoms with Crippen molar-refractivity contribution in [2.75, 3.05) is 23.3 Å². The first-order valence-corrected chi connectivity index (χ1v) is 9.09. The Hall–Kier alpha value is -2.94. The minimum Gasteiger partial charge on any atom is -0.367 e. The number of carbonyl (C=O) groups excluding carboxylic acids is 1. The van der Waals surface area contributed by atoms with Crippen LogP contribution < -0.4 is 15.5 Å². The summed E-state index contributed by atoms with van der Waals surface area (Å²) in [5, 5.41) is 15.2. The number of urea groups is 1. The molecule has 26 heavy (non-hydrogen) atoms. The van der Waals surface area contributed by atoms with Crippen LogP contribution in [0.3, 0.4) is 0 Å². The normalized spacial score (nSPS) is 16.7. The summed E-state index contributed by atoms with van der Waals surface area (Å²) < 4.78 is 13.9. The number of H-pyrrole nitrogens is 1. The molecule has 0 saturated carbocycles. The minimum atomic E-state index is -0.315. The number of halogens is 1. The summed E-state index contributed by atoms with van der Waals surface area (Å²) in [4.78, 5) is 18.5. The molecular formula is C17H17FN6OS. The number of hydrogen-bond donors (Lipinski definition) is 3. The average Bonchev–Trinajstić information content (AvgIpc) is 3.36. The smallest absolute Gasteiger partial charge is 0.319 e. The van der Waals surface area contributed by atoms with E-state index >= 15 is 0 Å². The van der Waals surface area contributed by atoms with Gasteiger partial charge in [-0.1, -0.05) is 12.1 Å². The quantitative estimate of drug-likeness (QED) is 0.657. The summed E-state index contributed by atoms with van der Waals surface area (Å²) in [6.07, 6.45) is 4.00. The molecule has 0 aliphatic carbocycles. The Morgan fingerprint density at radius 3 is 3.08 bits per heavy atom. The van der Waals surface area contributed by atoms with Crippen LogP contribution in [0.1, 0.15) is 6.42 Å². The second-order valence-corrected chi connectivity index (χ2v) is 6.87. The summed E-state index contributed by atoms with van der Waals surface area (Å²) >= 11 is 1.46. The largest absolute Gasteiger partial charge is 0.367 e. The highest BCUT2D eigenvalue weighted by molar-refractivity contribution is 7.13. The van der Waals surface area contributed by atoms with Crippen LogP contribution in [-0.2, 0) is 0 Å². The van der Waals surface area contributed by atoms with Crippen molar-refractivity contribution in [3.05, 3.63) is 47.9 Å². The molecule has 1 aliphatic rings. The number of carbonyl (C=O) groups is 1. The molecular weight excluding hydrogens is 355 g/mol. The molecule has 2 amide bonds. The second kappa shape index (κ2) is 7.12. The molecule has 0 radical (unpaired) electrons. The van der Waals surface area contributed by atoms with E-state index in [4.69, 9.17) is 0 Å². The van der Waals surface area contributed by atoms with Crippen molar-refractivity contribution >= 4 is 28.7 Å². The third-order valence-corrected chi connectivity index (χ3v) is 5.04. The molecule has 1 fully saturated rings. The van der Waals surface area contributed by atoms with E-state index in [0.29, 0.717) is 30.2 Å². The molecule has 1 unspecified atom stereocenters. The van der Waals surface area contributed by atoms with Crippen LogP contribution in [0.25, 0.3) is 10.7 Å². The first-order chi connectivity index (χ1) is 12.7. The molecule has 0 spiro atoms. The van der Waals surface area contributed by atoms with Crippen molar-refractivity contribution in [2.45, 2.75) is 12.5 Å². The Labute approximate surface area is 153 Å². The number of hydrogen-bond acceptors (Lipinski definition) is 5.